The van der Waals surface area contributed by atoms with Crippen LogP contribution in [-0.2, 0) is 0 Å². The normalized spacial score (nSPS) is 11.8. The van der Waals surface area contributed by atoms with Crippen LogP contribution in [-0.4, -0.2) is 28.7 Å². The number of hydrogen-bond donors (Lipinski definition) is 0. The second kappa shape index (κ2) is 9.99. The standard InChI is InChI=1S/C41H26N6/c1-3-13-28(14-4-1)45-35-20-10-7-17-30(35)32-23-24-33-31-18-8-11-21-36(31)47(39(33)38(32)45)41-42-25-27(26-43-41)40-44-34-19-9-12-22-37(34)46(40)29-15-5-2-6-16-29/h1-26H. The van der Waals surface area contributed by atoms with Gasteiger partial charge in [0.25, 0.3) is 0 Å². The Bertz CT molecular complexity index is 2770. The van der Waals surface area contributed by atoms with Gasteiger partial charge in [0.15, 0.2) is 0 Å². The van der Waals surface area contributed by atoms with Crippen molar-refractivity contribution in [3.05, 3.63) is 158 Å². The molecule has 0 aliphatic rings. The zero-order chi connectivity index (χ0) is 30.9. The Morgan fingerprint density at radius 1 is 0.383 bits per heavy atom. The second-order valence-electron chi connectivity index (χ2n) is 11.8. The largest absolute Gasteiger partial charge is 0.307 e. The van der Waals surface area contributed by atoms with E-state index < -0.39 is 0 Å². The smallest absolute Gasteiger partial charge is 0.234 e. The topological polar surface area (TPSA) is 53.5 Å². The Hall–Kier alpha value is -6.53. The van der Waals surface area contributed by atoms with Crippen LogP contribution in [0.4, 0.5) is 0 Å². The molecule has 0 atom stereocenters. The van der Waals surface area contributed by atoms with Gasteiger partial charge in [0.05, 0.1) is 38.7 Å². The molecule has 4 aromatic heterocycles. The summed E-state index contributed by atoms with van der Waals surface area (Å²) < 4.78 is 6.77. The average molecular weight is 603 g/mol. The molecule has 0 N–H and O–H groups in total. The lowest BCUT2D eigenvalue weighted by atomic mass is 10.1. The van der Waals surface area contributed by atoms with E-state index in [-0.39, 0.29) is 0 Å². The minimum Gasteiger partial charge on any atom is -0.307 e. The number of benzene rings is 6. The quantitative estimate of drug-likeness (QED) is 0.202. The molecule has 6 nitrogen and oxygen atoms in total. The SMILES string of the molecule is c1ccc(-n2c(-c3cnc(-n4c5ccccc5c5ccc6c7ccccc7n(-c7ccccc7)c6c54)nc3)nc3ccccc32)cc1. The summed E-state index contributed by atoms with van der Waals surface area (Å²) in [6, 6.07) is 50.8. The second-order valence-corrected chi connectivity index (χ2v) is 11.8. The molecule has 0 saturated carbocycles. The third-order valence-electron chi connectivity index (χ3n) is 9.15. The first-order valence-corrected chi connectivity index (χ1v) is 15.7. The van der Waals surface area contributed by atoms with Crippen molar-refractivity contribution in [2.75, 3.05) is 0 Å². The van der Waals surface area contributed by atoms with Crippen LogP contribution >= 0.6 is 0 Å². The molecule has 10 aromatic rings. The van der Waals surface area contributed by atoms with Crippen molar-refractivity contribution in [2.24, 2.45) is 0 Å². The molecule has 0 fully saturated rings. The summed E-state index contributed by atoms with van der Waals surface area (Å²) in [5.41, 5.74) is 9.39. The van der Waals surface area contributed by atoms with Gasteiger partial charge in [-0.25, -0.2) is 15.0 Å². The van der Waals surface area contributed by atoms with Crippen molar-refractivity contribution in [2.45, 2.75) is 0 Å². The van der Waals surface area contributed by atoms with Crippen LogP contribution in [0.3, 0.4) is 0 Å². The third kappa shape index (κ3) is 3.76. The molecule has 0 aliphatic heterocycles. The molecule has 0 amide bonds. The van der Waals surface area contributed by atoms with E-state index in [2.05, 4.69) is 123 Å². The van der Waals surface area contributed by atoms with Crippen LogP contribution in [0.1, 0.15) is 0 Å². The van der Waals surface area contributed by atoms with Gasteiger partial charge in [-0.2, -0.15) is 0 Å². The number of hydrogen-bond acceptors (Lipinski definition) is 3. The molecule has 0 bridgehead atoms. The van der Waals surface area contributed by atoms with Crippen molar-refractivity contribution < 1.29 is 0 Å². The molecule has 0 radical (unpaired) electrons. The molecule has 4 heterocycles. The average Bonchev–Trinajstić information content (AvgIpc) is 3.81. The molecule has 0 saturated heterocycles. The summed E-state index contributed by atoms with van der Waals surface area (Å²) in [6.45, 7) is 0. The van der Waals surface area contributed by atoms with E-state index in [4.69, 9.17) is 15.0 Å². The molecule has 6 heteroatoms. The zero-order valence-corrected chi connectivity index (χ0v) is 25.2. The Morgan fingerprint density at radius 2 is 0.872 bits per heavy atom. The summed E-state index contributed by atoms with van der Waals surface area (Å²) in [5.74, 6) is 1.41. The highest BCUT2D eigenvalue weighted by molar-refractivity contribution is 6.23. The minimum atomic E-state index is 0.611. The predicted molar refractivity (Wildman–Crippen MR) is 191 cm³/mol. The van der Waals surface area contributed by atoms with Crippen LogP contribution in [0.25, 0.3) is 83.4 Å². The van der Waals surface area contributed by atoms with E-state index in [1.165, 1.54) is 10.8 Å². The van der Waals surface area contributed by atoms with Crippen LogP contribution < -0.4 is 0 Å². The van der Waals surface area contributed by atoms with Crippen LogP contribution in [0.15, 0.2) is 158 Å². The van der Waals surface area contributed by atoms with Gasteiger partial charge in [-0.15, -0.1) is 0 Å². The Kier molecular flexibility index (Phi) is 5.48. The summed E-state index contributed by atoms with van der Waals surface area (Å²) >= 11 is 0. The third-order valence-corrected chi connectivity index (χ3v) is 9.15. The van der Waals surface area contributed by atoms with Crippen molar-refractivity contribution >= 4 is 54.6 Å². The monoisotopic (exact) mass is 602 g/mol. The number of aromatic nitrogens is 6. The van der Waals surface area contributed by atoms with Gasteiger partial charge in [0.1, 0.15) is 5.82 Å². The highest BCUT2D eigenvalue weighted by Gasteiger charge is 2.22. The van der Waals surface area contributed by atoms with Crippen LogP contribution in [0.5, 0.6) is 0 Å². The lowest BCUT2D eigenvalue weighted by molar-refractivity contribution is 0.982. The Balaban J connectivity index is 1.26. The van der Waals surface area contributed by atoms with Gasteiger partial charge in [-0.3, -0.25) is 9.13 Å². The number of rotatable bonds is 4. The lowest BCUT2D eigenvalue weighted by Gasteiger charge is -2.12. The molecule has 0 unspecified atom stereocenters. The summed E-state index contributed by atoms with van der Waals surface area (Å²) in [4.78, 5) is 15.1. The maximum absolute atomic E-state index is 5.06. The molecule has 0 aliphatic carbocycles. The minimum absolute atomic E-state index is 0.611. The fourth-order valence-corrected chi connectivity index (χ4v) is 7.16. The summed E-state index contributed by atoms with van der Waals surface area (Å²) in [7, 11) is 0. The number of imidazole rings is 1. The van der Waals surface area contributed by atoms with Crippen LogP contribution in [0, 0.1) is 0 Å². The molecule has 6 aromatic carbocycles. The Morgan fingerprint density at radius 3 is 1.51 bits per heavy atom. The molecular formula is C41H26N6. The van der Waals surface area contributed by atoms with Gasteiger partial charge >= 0.3 is 0 Å². The fraction of sp³-hybridized carbons (Fsp3) is 0. The van der Waals surface area contributed by atoms with Gasteiger partial charge in [0.2, 0.25) is 5.95 Å². The molecule has 0 spiro atoms. The van der Waals surface area contributed by atoms with Gasteiger partial charge < -0.3 is 4.57 Å². The number of para-hydroxylation sites is 6. The highest BCUT2D eigenvalue weighted by Crippen LogP contribution is 2.41. The maximum atomic E-state index is 5.06. The van der Waals surface area contributed by atoms with Crippen LogP contribution in [0.2, 0.25) is 0 Å². The maximum Gasteiger partial charge on any atom is 0.234 e. The van der Waals surface area contributed by atoms with E-state index in [1.807, 2.05) is 48.8 Å². The Labute approximate surface area is 269 Å². The summed E-state index contributed by atoms with van der Waals surface area (Å²) in [6.07, 6.45) is 3.80. The summed E-state index contributed by atoms with van der Waals surface area (Å²) in [5, 5.41) is 4.72. The van der Waals surface area contributed by atoms with E-state index in [0.29, 0.717) is 5.95 Å². The van der Waals surface area contributed by atoms with Gasteiger partial charge in [-0.05, 0) is 48.5 Å². The molecular weight excluding hydrogens is 576 g/mol. The predicted octanol–water partition coefficient (Wildman–Crippen LogP) is 9.68. The first kappa shape index (κ1) is 25.8. The fourth-order valence-electron chi connectivity index (χ4n) is 7.16. The number of nitrogens with zero attached hydrogens (tertiary/aromatic N) is 6. The molecule has 220 valence electrons. The van der Waals surface area contributed by atoms with Crippen molar-refractivity contribution in [1.82, 2.24) is 28.7 Å². The van der Waals surface area contributed by atoms with Crippen molar-refractivity contribution in [3.63, 3.8) is 0 Å². The molecule has 10 rings (SSSR count). The first-order valence-electron chi connectivity index (χ1n) is 15.7. The van der Waals surface area contributed by atoms with E-state index in [1.54, 1.807) is 0 Å². The van der Waals surface area contributed by atoms with Gasteiger partial charge in [0, 0.05) is 45.3 Å². The zero-order valence-electron chi connectivity index (χ0n) is 25.2. The highest BCUT2D eigenvalue weighted by atomic mass is 15.2. The van der Waals surface area contributed by atoms with Crippen molar-refractivity contribution in [1.29, 1.82) is 0 Å². The van der Waals surface area contributed by atoms with Gasteiger partial charge in [-0.1, -0.05) is 97.1 Å². The number of fused-ring (bicyclic) bond motifs is 8. The van der Waals surface area contributed by atoms with E-state index >= 15 is 0 Å². The van der Waals surface area contributed by atoms with Crippen molar-refractivity contribution in [3.8, 4) is 28.7 Å². The lowest BCUT2D eigenvalue weighted by Crippen LogP contribution is -2.04. The van der Waals surface area contributed by atoms with E-state index in [0.717, 1.165) is 66.6 Å². The molecule has 47 heavy (non-hydrogen) atoms. The first-order chi connectivity index (χ1) is 23.3. The van der Waals surface area contributed by atoms with E-state index in [9.17, 15) is 0 Å².